The summed E-state index contributed by atoms with van der Waals surface area (Å²) in [7, 11) is 0. The van der Waals surface area contributed by atoms with Crippen LogP contribution >= 0.6 is 38.5 Å². The zero-order valence-corrected chi connectivity index (χ0v) is 10.2. The number of hydrogen-bond acceptors (Lipinski definition) is 0. The van der Waals surface area contributed by atoms with E-state index < -0.39 is 0 Å². The molecule has 0 saturated heterocycles. The van der Waals surface area contributed by atoms with Crippen molar-refractivity contribution in [1.29, 1.82) is 0 Å². The average Bonchev–Trinajstić information content (AvgIpc) is 2.30. The molecule has 0 fully saturated rings. The van der Waals surface area contributed by atoms with Crippen molar-refractivity contribution in [2.24, 2.45) is 0 Å². The number of aryl methyl sites for hydroxylation is 1. The van der Waals surface area contributed by atoms with Gasteiger partial charge in [-0.25, -0.2) is 0 Å². The Labute approximate surface area is 92.8 Å². The maximum atomic E-state index is 3.50. The molecule has 3 heteroatoms. The molecule has 0 aliphatic rings. The molecular weight excluding hydrogens is 329 g/mol. The predicted molar refractivity (Wildman–Crippen MR) is 63.5 cm³/mol. The monoisotopic (exact) mass is 335 g/mol. The van der Waals surface area contributed by atoms with E-state index in [9.17, 15) is 0 Å². The Kier molecular flexibility index (Phi) is 2.16. The molecule has 0 aliphatic heterocycles. The Morgan fingerprint density at radius 1 is 1.33 bits per heavy atom. The predicted octanol–water partition coefficient (Wildman–Crippen LogP) is 3.84. The van der Waals surface area contributed by atoms with Gasteiger partial charge in [0, 0.05) is 24.6 Å². The molecule has 0 saturated carbocycles. The molecular formula is C9H7BrIN. The molecule has 62 valence electrons. The largest absolute Gasteiger partial charge is 0.359 e. The Balaban J connectivity index is 2.83. The highest BCUT2D eigenvalue weighted by atomic mass is 127. The van der Waals surface area contributed by atoms with Crippen LogP contribution in [0.1, 0.15) is 5.69 Å². The third-order valence-corrected chi connectivity index (χ3v) is 4.09. The van der Waals surface area contributed by atoms with Gasteiger partial charge in [-0.3, -0.25) is 0 Å². The van der Waals surface area contributed by atoms with Gasteiger partial charge in [-0.1, -0.05) is 0 Å². The summed E-state index contributed by atoms with van der Waals surface area (Å²) >= 11 is 5.82. The fraction of sp³-hybridized carbons (Fsp3) is 0.111. The van der Waals surface area contributed by atoms with E-state index in [0.717, 1.165) is 4.47 Å². The normalized spacial score (nSPS) is 10.9. The number of hydrogen-bond donors (Lipinski definition) is 1. The Morgan fingerprint density at radius 3 is 2.83 bits per heavy atom. The molecule has 12 heavy (non-hydrogen) atoms. The lowest BCUT2D eigenvalue weighted by Gasteiger charge is -1.95. The second kappa shape index (κ2) is 3.03. The van der Waals surface area contributed by atoms with Crippen LogP contribution in [0.5, 0.6) is 0 Å². The van der Waals surface area contributed by atoms with E-state index >= 15 is 0 Å². The minimum absolute atomic E-state index is 1.15. The van der Waals surface area contributed by atoms with E-state index in [4.69, 9.17) is 0 Å². The highest BCUT2D eigenvalue weighted by Crippen LogP contribution is 2.25. The molecule has 1 nitrogen and oxygen atoms in total. The summed E-state index contributed by atoms with van der Waals surface area (Å²) in [5, 5.41) is 1.28. The van der Waals surface area contributed by atoms with E-state index in [1.807, 2.05) is 0 Å². The molecule has 1 aromatic carbocycles. The number of nitrogens with one attached hydrogen (secondary N) is 1. The van der Waals surface area contributed by atoms with Crippen LogP contribution in [0.2, 0.25) is 0 Å². The molecule has 0 atom stereocenters. The van der Waals surface area contributed by atoms with Gasteiger partial charge in [-0.05, 0) is 63.6 Å². The first-order valence-electron chi connectivity index (χ1n) is 3.61. The van der Waals surface area contributed by atoms with Crippen LogP contribution < -0.4 is 0 Å². The van der Waals surface area contributed by atoms with Gasteiger partial charge in [0.1, 0.15) is 0 Å². The van der Waals surface area contributed by atoms with Crippen molar-refractivity contribution in [3.63, 3.8) is 0 Å². The molecule has 0 radical (unpaired) electrons. The number of aromatic nitrogens is 1. The second-order valence-corrected chi connectivity index (χ2v) is 4.82. The van der Waals surface area contributed by atoms with E-state index in [0.29, 0.717) is 0 Å². The fourth-order valence-electron chi connectivity index (χ4n) is 1.27. The minimum atomic E-state index is 1.15. The van der Waals surface area contributed by atoms with Crippen molar-refractivity contribution in [1.82, 2.24) is 4.98 Å². The smallest absolute Gasteiger partial charge is 0.0468 e. The summed E-state index contributed by atoms with van der Waals surface area (Å²) in [6.45, 7) is 2.07. The van der Waals surface area contributed by atoms with Crippen molar-refractivity contribution >= 4 is 49.4 Å². The molecule has 1 heterocycles. The Bertz CT molecular complexity index is 394. The number of fused-ring (bicyclic) bond motifs is 1. The average molecular weight is 336 g/mol. The van der Waals surface area contributed by atoms with Crippen LogP contribution in [-0.4, -0.2) is 4.98 Å². The number of rotatable bonds is 0. The number of halogens is 2. The van der Waals surface area contributed by atoms with Crippen LogP contribution in [0.25, 0.3) is 10.9 Å². The molecule has 1 N–H and O–H groups in total. The molecule has 2 aromatic rings. The second-order valence-electron chi connectivity index (χ2n) is 2.81. The quantitative estimate of drug-likeness (QED) is 0.704. The Morgan fingerprint density at radius 2 is 2.08 bits per heavy atom. The van der Waals surface area contributed by atoms with Crippen LogP contribution in [0, 0.1) is 10.5 Å². The number of benzene rings is 1. The molecule has 0 unspecified atom stereocenters. The first-order chi connectivity index (χ1) is 5.66. The van der Waals surface area contributed by atoms with E-state index in [1.165, 1.54) is 20.2 Å². The SMILES string of the molecule is Cc1cc2cc(I)c(Br)cc2[nH]1. The zero-order chi connectivity index (χ0) is 8.72. The maximum Gasteiger partial charge on any atom is 0.0468 e. The van der Waals surface area contributed by atoms with Crippen molar-refractivity contribution in [3.05, 3.63) is 31.9 Å². The first-order valence-corrected chi connectivity index (χ1v) is 5.48. The lowest BCUT2D eigenvalue weighted by molar-refractivity contribution is 1.30. The van der Waals surface area contributed by atoms with Crippen LogP contribution in [0.4, 0.5) is 0 Å². The van der Waals surface area contributed by atoms with Gasteiger partial charge in [-0.15, -0.1) is 0 Å². The summed E-state index contributed by atoms with van der Waals surface area (Å²) in [5.74, 6) is 0. The molecule has 2 rings (SSSR count). The van der Waals surface area contributed by atoms with Gasteiger partial charge in [0.25, 0.3) is 0 Å². The fourth-order valence-corrected chi connectivity index (χ4v) is 2.11. The van der Waals surface area contributed by atoms with Gasteiger partial charge in [0.15, 0.2) is 0 Å². The highest BCUT2D eigenvalue weighted by Gasteiger charge is 2.01. The summed E-state index contributed by atoms with van der Waals surface area (Å²) in [5.41, 5.74) is 2.40. The standard InChI is InChI=1S/C9H7BrIN/c1-5-2-6-3-8(11)7(10)4-9(6)12-5/h2-4,12H,1H3. The van der Waals surface area contributed by atoms with Crippen LogP contribution in [0.3, 0.4) is 0 Å². The zero-order valence-electron chi connectivity index (χ0n) is 6.49. The van der Waals surface area contributed by atoms with E-state index in [2.05, 4.69) is 68.6 Å². The van der Waals surface area contributed by atoms with E-state index in [1.54, 1.807) is 0 Å². The van der Waals surface area contributed by atoms with Crippen LogP contribution in [-0.2, 0) is 0 Å². The lowest BCUT2D eigenvalue weighted by atomic mass is 10.2. The summed E-state index contributed by atoms with van der Waals surface area (Å²) in [6, 6.07) is 6.44. The van der Waals surface area contributed by atoms with Crippen molar-refractivity contribution in [3.8, 4) is 0 Å². The summed E-state index contributed by atoms with van der Waals surface area (Å²) in [4.78, 5) is 3.29. The van der Waals surface area contributed by atoms with Gasteiger partial charge >= 0.3 is 0 Å². The van der Waals surface area contributed by atoms with Gasteiger partial charge in [0.05, 0.1) is 0 Å². The lowest BCUT2D eigenvalue weighted by Crippen LogP contribution is -1.74. The summed E-state index contributed by atoms with van der Waals surface area (Å²) in [6.07, 6.45) is 0. The van der Waals surface area contributed by atoms with Gasteiger partial charge in [-0.2, -0.15) is 0 Å². The number of H-pyrrole nitrogens is 1. The molecule has 0 bridgehead atoms. The third-order valence-electron chi connectivity index (χ3n) is 1.80. The highest BCUT2D eigenvalue weighted by molar-refractivity contribution is 14.1. The summed E-state index contributed by atoms with van der Waals surface area (Å²) < 4.78 is 2.40. The molecule has 0 amide bonds. The molecule has 0 spiro atoms. The molecule has 1 aromatic heterocycles. The van der Waals surface area contributed by atoms with Crippen molar-refractivity contribution in [2.45, 2.75) is 6.92 Å². The van der Waals surface area contributed by atoms with Crippen molar-refractivity contribution in [2.75, 3.05) is 0 Å². The topological polar surface area (TPSA) is 15.8 Å². The third kappa shape index (κ3) is 1.40. The Hall–Kier alpha value is -0.0300. The molecule has 0 aliphatic carbocycles. The minimum Gasteiger partial charge on any atom is -0.359 e. The van der Waals surface area contributed by atoms with Gasteiger partial charge < -0.3 is 4.98 Å². The van der Waals surface area contributed by atoms with Crippen molar-refractivity contribution < 1.29 is 0 Å². The maximum absolute atomic E-state index is 3.50. The van der Waals surface area contributed by atoms with Crippen LogP contribution in [0.15, 0.2) is 22.7 Å². The first kappa shape index (κ1) is 8.56. The number of aromatic amines is 1. The van der Waals surface area contributed by atoms with Gasteiger partial charge in [0.2, 0.25) is 0 Å². The van der Waals surface area contributed by atoms with E-state index in [-0.39, 0.29) is 0 Å².